The highest BCUT2D eigenvalue weighted by molar-refractivity contribution is 7.80. The van der Waals surface area contributed by atoms with Gasteiger partial charge in [0.1, 0.15) is 0 Å². The molecule has 1 heterocycles. The monoisotopic (exact) mass is 409 g/mol. The van der Waals surface area contributed by atoms with Gasteiger partial charge in [-0.3, -0.25) is 4.98 Å². The molecule has 0 spiro atoms. The molecule has 3 atom stereocenters. The second kappa shape index (κ2) is 7.59. The lowest BCUT2D eigenvalue weighted by atomic mass is 9.73. The van der Waals surface area contributed by atoms with Crippen LogP contribution in [0.1, 0.15) is 37.9 Å². The van der Waals surface area contributed by atoms with E-state index in [1.165, 1.54) is 33.9 Å². The van der Waals surface area contributed by atoms with Gasteiger partial charge in [-0.25, -0.2) is 0 Å². The van der Waals surface area contributed by atoms with Gasteiger partial charge in [0.05, 0.1) is 5.69 Å². The van der Waals surface area contributed by atoms with Crippen LogP contribution in [0.3, 0.4) is 0 Å². The lowest BCUT2D eigenvalue weighted by Gasteiger charge is -2.31. The van der Waals surface area contributed by atoms with Crippen LogP contribution in [-0.2, 0) is 0 Å². The van der Waals surface area contributed by atoms with Gasteiger partial charge >= 0.3 is 0 Å². The van der Waals surface area contributed by atoms with Crippen LogP contribution in [-0.4, -0.2) is 4.98 Å². The molecule has 1 aromatic heterocycles. The molecular weight excluding hydrogens is 382 g/mol. The third kappa shape index (κ3) is 3.33. The molecule has 0 N–H and O–H groups in total. The predicted octanol–water partition coefficient (Wildman–Crippen LogP) is 7.61. The van der Waals surface area contributed by atoms with Gasteiger partial charge in [0.2, 0.25) is 0 Å². The summed E-state index contributed by atoms with van der Waals surface area (Å²) in [7, 11) is 0. The number of hydrogen-bond donors (Lipinski definition) is 1. The second-order valence-corrected chi connectivity index (χ2v) is 9.24. The molecule has 1 saturated carbocycles. The number of allylic oxidation sites excluding steroid dienone is 6. The molecule has 2 heteroatoms. The SMILES string of the molecule is CC=CC1(C2CC=C(c3ccc(S)cc3)C=C2c2cc3ccccc3cn2)CC1C. The summed E-state index contributed by atoms with van der Waals surface area (Å²) >= 11 is 4.45. The Kier molecular flexibility index (Phi) is 4.91. The Morgan fingerprint density at radius 3 is 2.50 bits per heavy atom. The van der Waals surface area contributed by atoms with Crippen LogP contribution in [0.15, 0.2) is 90.0 Å². The molecule has 3 unspecified atom stereocenters. The van der Waals surface area contributed by atoms with Crippen molar-refractivity contribution in [1.29, 1.82) is 0 Å². The maximum Gasteiger partial charge on any atom is 0.0671 e. The number of pyridine rings is 1. The molecular formula is C28H27NS. The molecule has 1 fully saturated rings. The number of nitrogens with zero attached hydrogens (tertiary/aromatic N) is 1. The van der Waals surface area contributed by atoms with Crippen molar-refractivity contribution in [3.8, 4) is 0 Å². The summed E-state index contributed by atoms with van der Waals surface area (Å²) in [5.74, 6) is 1.17. The summed E-state index contributed by atoms with van der Waals surface area (Å²) in [5, 5.41) is 2.44. The van der Waals surface area contributed by atoms with Crippen molar-refractivity contribution in [2.24, 2.45) is 17.3 Å². The Morgan fingerprint density at radius 2 is 1.80 bits per heavy atom. The Balaban J connectivity index is 1.63. The first-order chi connectivity index (χ1) is 14.6. The topological polar surface area (TPSA) is 12.9 Å². The van der Waals surface area contributed by atoms with Crippen LogP contribution < -0.4 is 0 Å². The first kappa shape index (κ1) is 19.4. The number of benzene rings is 2. The third-order valence-electron chi connectivity index (χ3n) is 6.93. The molecule has 150 valence electrons. The van der Waals surface area contributed by atoms with E-state index >= 15 is 0 Å². The van der Waals surface area contributed by atoms with Crippen molar-refractivity contribution < 1.29 is 0 Å². The van der Waals surface area contributed by atoms with E-state index in [4.69, 9.17) is 4.98 Å². The molecule has 2 aliphatic carbocycles. The van der Waals surface area contributed by atoms with Crippen molar-refractivity contribution in [2.45, 2.75) is 31.6 Å². The molecule has 0 aliphatic heterocycles. The number of aromatic nitrogens is 1. The van der Waals surface area contributed by atoms with Gasteiger partial charge in [-0.05, 0) is 83.4 Å². The van der Waals surface area contributed by atoms with Gasteiger partial charge in [-0.1, -0.05) is 61.5 Å². The molecule has 2 aliphatic rings. The molecule has 2 aromatic carbocycles. The zero-order valence-electron chi connectivity index (χ0n) is 17.5. The van der Waals surface area contributed by atoms with E-state index in [2.05, 4.69) is 105 Å². The minimum atomic E-state index is 0.255. The van der Waals surface area contributed by atoms with Gasteiger partial charge < -0.3 is 0 Å². The second-order valence-electron chi connectivity index (χ2n) is 8.73. The van der Waals surface area contributed by atoms with E-state index in [1.807, 2.05) is 6.20 Å². The molecule has 0 amide bonds. The van der Waals surface area contributed by atoms with Gasteiger partial charge in [-0.2, -0.15) is 0 Å². The average molecular weight is 410 g/mol. The predicted molar refractivity (Wildman–Crippen MR) is 131 cm³/mol. The lowest BCUT2D eigenvalue weighted by Crippen LogP contribution is -2.20. The van der Waals surface area contributed by atoms with E-state index in [1.54, 1.807) is 0 Å². The van der Waals surface area contributed by atoms with Crippen molar-refractivity contribution >= 4 is 34.5 Å². The van der Waals surface area contributed by atoms with Gasteiger partial charge in [-0.15, -0.1) is 12.6 Å². The van der Waals surface area contributed by atoms with Crippen molar-refractivity contribution in [3.63, 3.8) is 0 Å². The Morgan fingerprint density at radius 1 is 1.07 bits per heavy atom. The van der Waals surface area contributed by atoms with Crippen LogP contribution in [0.5, 0.6) is 0 Å². The third-order valence-corrected chi connectivity index (χ3v) is 7.23. The van der Waals surface area contributed by atoms with Crippen molar-refractivity contribution in [2.75, 3.05) is 0 Å². The Bertz CT molecular complexity index is 1180. The van der Waals surface area contributed by atoms with Gasteiger partial charge in [0.15, 0.2) is 0 Å². The number of fused-ring (bicyclic) bond motifs is 1. The largest absolute Gasteiger partial charge is 0.256 e. The van der Waals surface area contributed by atoms with Gasteiger partial charge in [0.25, 0.3) is 0 Å². The van der Waals surface area contributed by atoms with E-state index in [0.717, 1.165) is 17.0 Å². The van der Waals surface area contributed by atoms with Crippen molar-refractivity contribution in [3.05, 3.63) is 96.4 Å². The molecule has 3 aromatic rings. The smallest absolute Gasteiger partial charge is 0.0671 e. The average Bonchev–Trinajstić information content (AvgIpc) is 3.43. The van der Waals surface area contributed by atoms with Crippen molar-refractivity contribution in [1.82, 2.24) is 4.98 Å². The fourth-order valence-electron chi connectivity index (χ4n) is 5.17. The summed E-state index contributed by atoms with van der Waals surface area (Å²) in [6, 6.07) is 19.2. The maximum atomic E-state index is 4.92. The normalized spacial score (nSPS) is 26.0. The minimum Gasteiger partial charge on any atom is -0.256 e. The fourth-order valence-corrected chi connectivity index (χ4v) is 5.32. The van der Waals surface area contributed by atoms with Crippen LogP contribution >= 0.6 is 12.6 Å². The summed E-state index contributed by atoms with van der Waals surface area (Å²) in [5.41, 5.74) is 5.26. The summed E-state index contributed by atoms with van der Waals surface area (Å²) < 4.78 is 0. The molecule has 5 rings (SSSR count). The van der Waals surface area contributed by atoms with Crippen LogP contribution in [0, 0.1) is 17.3 Å². The lowest BCUT2D eigenvalue weighted by molar-refractivity contribution is 0.438. The number of thiol groups is 1. The van der Waals surface area contributed by atoms with Gasteiger partial charge in [0, 0.05) is 16.5 Å². The zero-order chi connectivity index (χ0) is 20.7. The highest BCUT2D eigenvalue weighted by atomic mass is 32.1. The number of rotatable bonds is 4. The van der Waals surface area contributed by atoms with E-state index in [9.17, 15) is 0 Å². The quantitative estimate of drug-likeness (QED) is 0.345. The highest BCUT2D eigenvalue weighted by Crippen LogP contribution is 2.63. The first-order valence-corrected chi connectivity index (χ1v) is 11.3. The summed E-state index contributed by atoms with van der Waals surface area (Å²) in [6.45, 7) is 4.53. The van der Waals surface area contributed by atoms with Crippen LogP contribution in [0.4, 0.5) is 0 Å². The molecule has 1 nitrogen and oxygen atoms in total. The van der Waals surface area contributed by atoms with E-state index in [-0.39, 0.29) is 5.41 Å². The molecule has 0 radical (unpaired) electrons. The fraction of sp³-hybridized carbons (Fsp3) is 0.250. The summed E-state index contributed by atoms with van der Waals surface area (Å²) in [4.78, 5) is 5.91. The Hall–Kier alpha value is -2.58. The van der Waals surface area contributed by atoms with E-state index in [0.29, 0.717) is 11.8 Å². The highest BCUT2D eigenvalue weighted by Gasteiger charge is 2.55. The van der Waals surface area contributed by atoms with Crippen LogP contribution in [0.25, 0.3) is 21.9 Å². The summed E-state index contributed by atoms with van der Waals surface area (Å²) in [6.07, 6.45) is 13.8. The number of hydrogen-bond acceptors (Lipinski definition) is 2. The minimum absolute atomic E-state index is 0.255. The molecule has 0 bridgehead atoms. The first-order valence-electron chi connectivity index (χ1n) is 10.8. The van der Waals surface area contributed by atoms with E-state index < -0.39 is 0 Å². The zero-order valence-corrected chi connectivity index (χ0v) is 18.4. The maximum absolute atomic E-state index is 4.92. The molecule has 0 saturated heterocycles. The van der Waals surface area contributed by atoms with Crippen LogP contribution in [0.2, 0.25) is 0 Å². The Labute approximate surface area is 184 Å². The molecule has 30 heavy (non-hydrogen) atoms. The standard InChI is InChI=1S/C28H27NS/c1-3-14-28(17-19(28)2)26-13-10-22(20-8-11-24(30)12-9-20)15-25(26)27-16-21-6-4-5-7-23(21)18-29-27/h3-12,14-16,18-19,26,30H,13,17H2,1-2H3.